The fourth-order valence-electron chi connectivity index (χ4n) is 2.94. The van der Waals surface area contributed by atoms with Crippen LogP contribution in [0.25, 0.3) is 0 Å². The Morgan fingerprint density at radius 1 is 1.25 bits per heavy atom. The first-order valence-electron chi connectivity index (χ1n) is 8.12. The zero-order valence-electron chi connectivity index (χ0n) is 14.4. The minimum Gasteiger partial charge on any atom is -0.334 e. The van der Waals surface area contributed by atoms with Crippen molar-refractivity contribution in [2.45, 2.75) is 26.8 Å². The van der Waals surface area contributed by atoms with Gasteiger partial charge in [0, 0.05) is 25.8 Å². The van der Waals surface area contributed by atoms with Crippen LogP contribution >= 0.6 is 0 Å². The first-order chi connectivity index (χ1) is 11.4. The van der Waals surface area contributed by atoms with Crippen molar-refractivity contribution in [3.8, 4) is 0 Å². The SMILES string of the molecule is CC1CN(C(=O)c2cn(C(C)C)cn2)c2ccccc2N(C)C1=O. The minimum absolute atomic E-state index is 0.00506. The van der Waals surface area contributed by atoms with Gasteiger partial charge in [-0.15, -0.1) is 0 Å². The fraction of sp³-hybridized carbons (Fsp3) is 0.389. The van der Waals surface area contributed by atoms with E-state index in [9.17, 15) is 9.59 Å². The molecule has 0 bridgehead atoms. The molecule has 2 heterocycles. The maximum atomic E-state index is 13.0. The Hall–Kier alpha value is -2.63. The van der Waals surface area contributed by atoms with Crippen LogP contribution in [-0.4, -0.2) is 35.0 Å². The Morgan fingerprint density at radius 2 is 1.92 bits per heavy atom. The van der Waals surface area contributed by atoms with Crippen molar-refractivity contribution in [3.05, 3.63) is 42.5 Å². The molecule has 1 aromatic heterocycles. The lowest BCUT2D eigenvalue weighted by molar-refractivity contribution is -0.121. The van der Waals surface area contributed by atoms with Crippen LogP contribution in [0.2, 0.25) is 0 Å². The number of aromatic nitrogens is 2. The van der Waals surface area contributed by atoms with Gasteiger partial charge in [-0.05, 0) is 26.0 Å². The van der Waals surface area contributed by atoms with E-state index in [2.05, 4.69) is 4.98 Å². The normalized spacial score (nSPS) is 17.9. The van der Waals surface area contributed by atoms with E-state index >= 15 is 0 Å². The molecule has 0 spiro atoms. The first-order valence-corrected chi connectivity index (χ1v) is 8.12. The summed E-state index contributed by atoms with van der Waals surface area (Å²) >= 11 is 0. The van der Waals surface area contributed by atoms with Crippen molar-refractivity contribution in [2.75, 3.05) is 23.4 Å². The molecular weight excluding hydrogens is 304 g/mol. The van der Waals surface area contributed by atoms with Crippen LogP contribution in [0.1, 0.15) is 37.3 Å². The Kier molecular flexibility index (Phi) is 4.13. The molecule has 2 amide bonds. The molecule has 1 atom stereocenters. The van der Waals surface area contributed by atoms with Gasteiger partial charge in [-0.2, -0.15) is 0 Å². The van der Waals surface area contributed by atoms with Crippen molar-refractivity contribution in [2.24, 2.45) is 5.92 Å². The summed E-state index contributed by atoms with van der Waals surface area (Å²) in [5.74, 6) is -0.458. The number of carbonyl (C=O) groups excluding carboxylic acids is 2. The average molecular weight is 326 g/mol. The summed E-state index contributed by atoms with van der Waals surface area (Å²) in [6, 6.07) is 7.71. The summed E-state index contributed by atoms with van der Waals surface area (Å²) < 4.78 is 1.90. The number of imidazole rings is 1. The lowest BCUT2D eigenvalue weighted by Gasteiger charge is -2.23. The zero-order valence-corrected chi connectivity index (χ0v) is 14.4. The fourth-order valence-corrected chi connectivity index (χ4v) is 2.94. The Bertz CT molecular complexity index is 781. The van der Waals surface area contributed by atoms with Gasteiger partial charge in [0.1, 0.15) is 5.69 Å². The summed E-state index contributed by atoms with van der Waals surface area (Å²) in [5.41, 5.74) is 1.87. The van der Waals surface area contributed by atoms with E-state index in [0.29, 0.717) is 12.2 Å². The number of carbonyl (C=O) groups is 2. The van der Waals surface area contributed by atoms with Crippen molar-refractivity contribution < 1.29 is 9.59 Å². The molecule has 1 aromatic carbocycles. The third-order valence-electron chi connectivity index (χ3n) is 4.40. The standard InChI is InChI=1S/C18H22N4O2/c1-12(2)21-10-14(19-11-21)18(24)22-9-13(3)17(23)20(4)15-7-5-6-8-16(15)22/h5-8,10-13H,9H2,1-4H3. The topological polar surface area (TPSA) is 58.4 Å². The molecule has 6 nitrogen and oxygen atoms in total. The predicted molar refractivity (Wildman–Crippen MR) is 93.3 cm³/mol. The molecule has 126 valence electrons. The molecule has 0 saturated heterocycles. The van der Waals surface area contributed by atoms with Crippen LogP contribution in [0, 0.1) is 5.92 Å². The van der Waals surface area contributed by atoms with Gasteiger partial charge in [0.25, 0.3) is 5.91 Å². The smallest absolute Gasteiger partial charge is 0.278 e. The van der Waals surface area contributed by atoms with E-state index in [1.54, 1.807) is 29.4 Å². The molecule has 1 unspecified atom stereocenters. The van der Waals surface area contributed by atoms with Gasteiger partial charge in [0.15, 0.2) is 0 Å². The van der Waals surface area contributed by atoms with E-state index in [1.807, 2.05) is 49.6 Å². The lowest BCUT2D eigenvalue weighted by Crippen LogP contribution is -2.37. The highest BCUT2D eigenvalue weighted by Crippen LogP contribution is 2.33. The van der Waals surface area contributed by atoms with Crippen molar-refractivity contribution in [3.63, 3.8) is 0 Å². The van der Waals surface area contributed by atoms with E-state index < -0.39 is 0 Å². The van der Waals surface area contributed by atoms with Crippen molar-refractivity contribution in [1.82, 2.24) is 9.55 Å². The largest absolute Gasteiger partial charge is 0.334 e. The zero-order chi connectivity index (χ0) is 17.4. The maximum Gasteiger partial charge on any atom is 0.278 e. The summed E-state index contributed by atoms with van der Waals surface area (Å²) in [5, 5.41) is 0. The Labute approximate surface area is 141 Å². The molecule has 24 heavy (non-hydrogen) atoms. The third kappa shape index (κ3) is 2.68. The molecule has 6 heteroatoms. The van der Waals surface area contributed by atoms with Gasteiger partial charge < -0.3 is 14.4 Å². The first kappa shape index (κ1) is 16.2. The number of hydrogen-bond donors (Lipinski definition) is 0. The van der Waals surface area contributed by atoms with Gasteiger partial charge >= 0.3 is 0 Å². The molecule has 0 fully saturated rings. The quantitative estimate of drug-likeness (QED) is 0.852. The minimum atomic E-state index is -0.279. The summed E-state index contributed by atoms with van der Waals surface area (Å²) in [4.78, 5) is 33.0. The van der Waals surface area contributed by atoms with E-state index in [0.717, 1.165) is 11.4 Å². The van der Waals surface area contributed by atoms with Crippen molar-refractivity contribution in [1.29, 1.82) is 0 Å². The number of fused-ring (bicyclic) bond motifs is 1. The second-order valence-corrected chi connectivity index (χ2v) is 6.50. The van der Waals surface area contributed by atoms with Crippen LogP contribution in [0.3, 0.4) is 0 Å². The molecular formula is C18H22N4O2. The number of benzene rings is 1. The number of hydrogen-bond acceptors (Lipinski definition) is 3. The maximum absolute atomic E-state index is 13.0. The molecule has 1 aliphatic rings. The molecule has 0 N–H and O–H groups in total. The molecule has 1 aliphatic heterocycles. The third-order valence-corrected chi connectivity index (χ3v) is 4.40. The summed E-state index contributed by atoms with van der Waals surface area (Å²) in [6.45, 7) is 6.25. The monoisotopic (exact) mass is 326 g/mol. The van der Waals surface area contributed by atoms with Crippen LogP contribution in [0.5, 0.6) is 0 Å². The number of nitrogens with zero attached hydrogens (tertiary/aromatic N) is 4. The van der Waals surface area contributed by atoms with E-state index in [-0.39, 0.29) is 23.8 Å². The summed E-state index contributed by atoms with van der Waals surface area (Å²) in [6.07, 6.45) is 3.43. The second kappa shape index (κ2) is 6.11. The van der Waals surface area contributed by atoms with E-state index in [1.165, 1.54) is 0 Å². The van der Waals surface area contributed by atoms with Crippen LogP contribution in [-0.2, 0) is 4.79 Å². The van der Waals surface area contributed by atoms with Crippen LogP contribution < -0.4 is 9.80 Å². The number of anilines is 2. The highest BCUT2D eigenvalue weighted by Gasteiger charge is 2.32. The van der Waals surface area contributed by atoms with Gasteiger partial charge in [0.2, 0.25) is 5.91 Å². The molecule has 0 radical (unpaired) electrons. The number of para-hydroxylation sites is 2. The summed E-state index contributed by atoms with van der Waals surface area (Å²) in [7, 11) is 1.75. The lowest BCUT2D eigenvalue weighted by atomic mass is 10.1. The van der Waals surface area contributed by atoms with Gasteiger partial charge in [-0.25, -0.2) is 4.98 Å². The predicted octanol–water partition coefficient (Wildman–Crippen LogP) is 2.72. The van der Waals surface area contributed by atoms with Gasteiger partial charge in [-0.1, -0.05) is 19.1 Å². The Morgan fingerprint density at radius 3 is 2.54 bits per heavy atom. The van der Waals surface area contributed by atoms with E-state index in [4.69, 9.17) is 0 Å². The second-order valence-electron chi connectivity index (χ2n) is 6.50. The molecule has 0 saturated carbocycles. The van der Waals surface area contributed by atoms with Crippen LogP contribution in [0.15, 0.2) is 36.8 Å². The highest BCUT2D eigenvalue weighted by atomic mass is 16.2. The van der Waals surface area contributed by atoms with Gasteiger partial charge in [-0.3, -0.25) is 9.59 Å². The van der Waals surface area contributed by atoms with Crippen LogP contribution in [0.4, 0.5) is 11.4 Å². The molecule has 2 aromatic rings. The molecule has 0 aliphatic carbocycles. The van der Waals surface area contributed by atoms with Crippen molar-refractivity contribution >= 4 is 23.2 Å². The number of rotatable bonds is 2. The average Bonchev–Trinajstić information content (AvgIpc) is 3.05. The van der Waals surface area contributed by atoms with Gasteiger partial charge in [0.05, 0.1) is 23.6 Å². The number of amides is 2. The highest BCUT2D eigenvalue weighted by molar-refractivity contribution is 6.10. The Balaban J connectivity index is 2.03. The molecule has 3 rings (SSSR count).